The zero-order chi connectivity index (χ0) is 35.1. The lowest BCUT2D eigenvalue weighted by Crippen LogP contribution is -2.45. The van der Waals surface area contributed by atoms with Gasteiger partial charge in [-0.3, -0.25) is 4.99 Å². The molecule has 9 nitrogen and oxygen atoms in total. The Morgan fingerprint density at radius 3 is 2.19 bits per heavy atom. The predicted molar refractivity (Wildman–Crippen MR) is 176 cm³/mol. The molecule has 0 saturated carbocycles. The van der Waals surface area contributed by atoms with Crippen molar-refractivity contribution >= 4 is 56.4 Å². The topological polar surface area (TPSA) is 134 Å². The molecule has 1 unspecified atom stereocenters. The molecule has 250 valence electrons. The number of halogens is 4. The fourth-order valence-corrected chi connectivity index (χ4v) is 7.20. The number of esters is 1. The minimum atomic E-state index is -4.07. The second-order valence-corrected chi connectivity index (χ2v) is 14.9. The van der Waals surface area contributed by atoms with Gasteiger partial charge in [0.25, 0.3) is 0 Å². The number of aliphatic carboxylic acids is 1. The molecule has 47 heavy (non-hydrogen) atoms. The summed E-state index contributed by atoms with van der Waals surface area (Å²) in [5.41, 5.74) is -1.39. The largest absolute Gasteiger partial charge is 0.478 e. The van der Waals surface area contributed by atoms with Crippen molar-refractivity contribution < 1.29 is 41.7 Å². The number of rotatable bonds is 10. The zero-order valence-electron chi connectivity index (χ0n) is 26.0. The summed E-state index contributed by atoms with van der Waals surface area (Å²) in [6.45, 7) is 6.14. The minimum Gasteiger partial charge on any atom is -0.478 e. The van der Waals surface area contributed by atoms with E-state index in [4.69, 9.17) is 38.0 Å². The first-order valence-electron chi connectivity index (χ1n) is 14.1. The van der Waals surface area contributed by atoms with Crippen LogP contribution in [0.4, 0.5) is 14.5 Å². The second-order valence-electron chi connectivity index (χ2n) is 12.1. The van der Waals surface area contributed by atoms with Gasteiger partial charge in [-0.05, 0) is 66.9 Å². The summed E-state index contributed by atoms with van der Waals surface area (Å²) in [5.74, 6) is -4.30. The Morgan fingerprint density at radius 2 is 1.64 bits per heavy atom. The summed E-state index contributed by atoms with van der Waals surface area (Å²) in [4.78, 5) is 28.4. The van der Waals surface area contributed by atoms with Crippen molar-refractivity contribution in [3.8, 4) is 11.1 Å². The molecule has 1 aliphatic heterocycles. The number of aliphatic hydroxyl groups is 1. The maximum Gasteiger partial charge on any atom is 0.331 e. The van der Waals surface area contributed by atoms with Gasteiger partial charge < -0.3 is 19.8 Å². The monoisotopic (exact) mass is 708 g/mol. The van der Waals surface area contributed by atoms with Gasteiger partial charge in [-0.25, -0.2) is 26.8 Å². The number of carbonyl (C=O) groups excluding carboxylic acids is 1. The number of anilines is 1. The van der Waals surface area contributed by atoms with Gasteiger partial charge in [0.1, 0.15) is 24.4 Å². The molecule has 0 fully saturated rings. The number of ether oxygens (including phenoxy) is 1. The lowest BCUT2D eigenvalue weighted by Gasteiger charge is -2.38. The summed E-state index contributed by atoms with van der Waals surface area (Å²) < 4.78 is 61.5. The van der Waals surface area contributed by atoms with Crippen LogP contribution in [0.15, 0.2) is 70.6 Å². The SMILES string of the molecule is CC(C)(O)C1=NC(C(C)(C)c2c(Cl)cccc2Cl)N(c2ccc(-c3cc(F)c(COC(=O)C=CC(=O)O)c(S(C)(=O)=O)c3)cc2F)C1. The molecule has 0 saturated heterocycles. The van der Waals surface area contributed by atoms with Crippen molar-refractivity contribution in [2.45, 2.75) is 56.4 Å². The smallest absolute Gasteiger partial charge is 0.331 e. The normalized spacial score (nSPS) is 15.7. The van der Waals surface area contributed by atoms with Crippen LogP contribution in [0, 0.1) is 11.6 Å². The summed E-state index contributed by atoms with van der Waals surface area (Å²) in [5, 5.41) is 20.3. The average Bonchev–Trinajstić information content (AvgIpc) is 3.41. The standard InChI is InChI=1S/C33H32Cl2F2N2O7S/c1-32(2,30-21(34)7-6-8-22(30)35)31-38-27(33(3,4)43)16-39(31)25-10-9-18(13-24(25)37)19-14-23(36)20(26(15-19)47(5,44)45)17-46-29(42)12-11-28(40)41/h6-15,31,43H,16-17H2,1-5H3,(H,40,41). The Kier molecular flexibility index (Phi) is 10.2. The maximum atomic E-state index is 16.1. The summed E-state index contributed by atoms with van der Waals surface area (Å²) in [6.07, 6.45) is 1.20. The second kappa shape index (κ2) is 13.3. The van der Waals surface area contributed by atoms with E-state index in [2.05, 4.69) is 0 Å². The number of hydrogen-bond acceptors (Lipinski definition) is 8. The molecule has 1 aliphatic rings. The van der Waals surface area contributed by atoms with Gasteiger partial charge in [0.15, 0.2) is 9.84 Å². The van der Waals surface area contributed by atoms with Crippen LogP contribution in [-0.2, 0) is 36.2 Å². The molecule has 0 bridgehead atoms. The Bertz CT molecular complexity index is 1900. The number of aliphatic imine (C=N–C) groups is 1. The molecular formula is C33H32Cl2F2N2O7S. The Hall–Kier alpha value is -3.84. The molecule has 14 heteroatoms. The van der Waals surface area contributed by atoms with Crippen LogP contribution in [0.1, 0.15) is 38.8 Å². The molecule has 0 aliphatic carbocycles. The van der Waals surface area contributed by atoms with E-state index in [9.17, 15) is 23.1 Å². The van der Waals surface area contributed by atoms with Crippen molar-refractivity contribution in [2.24, 2.45) is 4.99 Å². The van der Waals surface area contributed by atoms with Crippen molar-refractivity contribution in [2.75, 3.05) is 17.7 Å². The van der Waals surface area contributed by atoms with Crippen molar-refractivity contribution in [3.05, 3.63) is 93.5 Å². The highest BCUT2D eigenvalue weighted by molar-refractivity contribution is 7.90. The Morgan fingerprint density at radius 1 is 1.02 bits per heavy atom. The molecule has 3 aromatic carbocycles. The molecule has 1 atom stereocenters. The van der Waals surface area contributed by atoms with Gasteiger partial charge in [-0.2, -0.15) is 0 Å². The zero-order valence-corrected chi connectivity index (χ0v) is 28.3. The van der Waals surface area contributed by atoms with Gasteiger partial charge in [0, 0.05) is 39.4 Å². The summed E-state index contributed by atoms with van der Waals surface area (Å²) in [6, 6.07) is 11.3. The summed E-state index contributed by atoms with van der Waals surface area (Å²) >= 11 is 13.1. The molecule has 0 aromatic heterocycles. The van der Waals surface area contributed by atoms with Crippen LogP contribution in [0.5, 0.6) is 0 Å². The van der Waals surface area contributed by atoms with Gasteiger partial charge >= 0.3 is 11.9 Å². The van der Waals surface area contributed by atoms with E-state index >= 15 is 8.78 Å². The van der Waals surface area contributed by atoms with E-state index in [1.165, 1.54) is 12.1 Å². The molecule has 0 radical (unpaired) electrons. The lowest BCUT2D eigenvalue weighted by molar-refractivity contribution is -0.140. The quantitative estimate of drug-likeness (QED) is 0.184. The number of carbonyl (C=O) groups is 2. The molecular weight excluding hydrogens is 677 g/mol. The maximum absolute atomic E-state index is 16.1. The molecule has 0 spiro atoms. The highest BCUT2D eigenvalue weighted by Gasteiger charge is 2.45. The highest BCUT2D eigenvalue weighted by Crippen LogP contribution is 2.44. The van der Waals surface area contributed by atoms with E-state index in [-0.39, 0.29) is 23.4 Å². The van der Waals surface area contributed by atoms with Crippen LogP contribution >= 0.6 is 23.2 Å². The highest BCUT2D eigenvalue weighted by atomic mass is 35.5. The number of nitrogens with zero attached hydrogens (tertiary/aromatic N) is 2. The third kappa shape index (κ3) is 7.83. The van der Waals surface area contributed by atoms with Crippen molar-refractivity contribution in [1.82, 2.24) is 0 Å². The Labute approximate surface area is 281 Å². The van der Waals surface area contributed by atoms with E-state index in [0.717, 1.165) is 24.5 Å². The minimum absolute atomic E-state index is 0.0313. The fraction of sp³-hybridized carbons (Fsp3) is 0.303. The first-order valence-corrected chi connectivity index (χ1v) is 16.8. The van der Waals surface area contributed by atoms with E-state index in [0.29, 0.717) is 33.5 Å². The first-order chi connectivity index (χ1) is 21.7. The van der Waals surface area contributed by atoms with E-state index in [1.54, 1.807) is 36.9 Å². The number of hydrogen-bond donors (Lipinski definition) is 2. The number of sulfone groups is 1. The molecule has 4 rings (SSSR count). The number of benzene rings is 3. The molecule has 0 amide bonds. The van der Waals surface area contributed by atoms with Crippen molar-refractivity contribution in [3.63, 3.8) is 0 Å². The number of carboxylic acid groups (broad SMARTS) is 1. The summed E-state index contributed by atoms with van der Waals surface area (Å²) in [7, 11) is -4.07. The third-order valence-electron chi connectivity index (χ3n) is 7.72. The van der Waals surface area contributed by atoms with Crippen LogP contribution in [0.3, 0.4) is 0 Å². The third-order valence-corrected chi connectivity index (χ3v) is 9.51. The van der Waals surface area contributed by atoms with E-state index < -0.39 is 67.7 Å². The van der Waals surface area contributed by atoms with Gasteiger partial charge in [0.05, 0.1) is 28.4 Å². The molecule has 3 aromatic rings. The molecule has 2 N–H and O–H groups in total. The Balaban J connectivity index is 1.75. The molecule has 1 heterocycles. The van der Waals surface area contributed by atoms with Crippen LogP contribution < -0.4 is 4.90 Å². The van der Waals surface area contributed by atoms with Gasteiger partial charge in [0.2, 0.25) is 0 Å². The predicted octanol–water partition coefficient (Wildman–Crippen LogP) is 6.36. The average molecular weight is 710 g/mol. The van der Waals surface area contributed by atoms with Crippen LogP contribution in [0.2, 0.25) is 10.0 Å². The van der Waals surface area contributed by atoms with E-state index in [1.807, 2.05) is 13.8 Å². The van der Waals surface area contributed by atoms with Gasteiger partial charge in [-0.1, -0.05) is 49.2 Å². The van der Waals surface area contributed by atoms with Crippen LogP contribution in [0.25, 0.3) is 11.1 Å². The first kappa shape index (κ1) is 36.0. The van der Waals surface area contributed by atoms with Crippen LogP contribution in [-0.4, -0.2) is 60.8 Å². The fourth-order valence-electron chi connectivity index (χ4n) is 5.37. The van der Waals surface area contributed by atoms with Gasteiger partial charge in [-0.15, -0.1) is 0 Å². The number of carboxylic acids is 1. The van der Waals surface area contributed by atoms with Crippen molar-refractivity contribution in [1.29, 1.82) is 0 Å². The lowest BCUT2D eigenvalue weighted by atomic mass is 9.81.